The number of hydrogen-bond donors (Lipinski definition) is 2. The Labute approximate surface area is 90.2 Å². The average molecular weight is 224 g/mol. The highest BCUT2D eigenvalue weighted by atomic mass is 32.1. The van der Waals surface area contributed by atoms with Crippen molar-refractivity contribution in [3.05, 3.63) is 21.9 Å². The molecule has 4 nitrogen and oxygen atoms in total. The van der Waals surface area contributed by atoms with Gasteiger partial charge in [0.25, 0.3) is 0 Å². The molecule has 0 aliphatic heterocycles. The Morgan fingerprint density at radius 2 is 2.07 bits per heavy atom. The van der Waals surface area contributed by atoms with Crippen LogP contribution in [-0.4, -0.2) is 22.2 Å². The van der Waals surface area contributed by atoms with Crippen LogP contribution in [0.3, 0.4) is 0 Å². The van der Waals surface area contributed by atoms with Crippen LogP contribution in [0.2, 0.25) is 0 Å². The minimum Gasteiger partial charge on any atom is -0.481 e. The Morgan fingerprint density at radius 3 is 2.67 bits per heavy atom. The molecule has 0 atom stereocenters. The van der Waals surface area contributed by atoms with Crippen LogP contribution in [-0.2, 0) is 16.0 Å². The van der Waals surface area contributed by atoms with Gasteiger partial charge in [0.05, 0.1) is 6.42 Å². The zero-order chi connectivity index (χ0) is 11.3. The quantitative estimate of drug-likeness (QED) is 0.756. The third-order valence-corrected chi connectivity index (χ3v) is 2.39. The molecule has 0 bridgehead atoms. The number of carboxylic acid groups (broad SMARTS) is 2. The SMILES string of the molecule is O=C(O)CC#Cc1csc(CC(=O)O)c1. The smallest absolute Gasteiger partial charge is 0.315 e. The van der Waals surface area contributed by atoms with E-state index in [2.05, 4.69) is 11.8 Å². The van der Waals surface area contributed by atoms with E-state index >= 15 is 0 Å². The first kappa shape index (κ1) is 11.3. The van der Waals surface area contributed by atoms with Crippen LogP contribution in [0, 0.1) is 11.8 Å². The van der Waals surface area contributed by atoms with Crippen LogP contribution in [0.1, 0.15) is 16.9 Å². The van der Waals surface area contributed by atoms with E-state index in [1.807, 2.05) is 0 Å². The van der Waals surface area contributed by atoms with Crippen molar-refractivity contribution in [1.82, 2.24) is 0 Å². The molecule has 0 aliphatic carbocycles. The molecule has 0 saturated heterocycles. The minimum atomic E-state index is -0.969. The number of carbonyl (C=O) groups is 2. The second-order valence-corrected chi connectivity index (χ2v) is 3.74. The lowest BCUT2D eigenvalue weighted by Crippen LogP contribution is -1.97. The van der Waals surface area contributed by atoms with E-state index in [4.69, 9.17) is 10.2 Å². The lowest BCUT2D eigenvalue weighted by molar-refractivity contribution is -0.137. The van der Waals surface area contributed by atoms with Crippen molar-refractivity contribution < 1.29 is 19.8 Å². The van der Waals surface area contributed by atoms with E-state index in [0.29, 0.717) is 10.4 Å². The Morgan fingerprint density at radius 1 is 1.33 bits per heavy atom. The van der Waals surface area contributed by atoms with Gasteiger partial charge in [0, 0.05) is 15.8 Å². The fraction of sp³-hybridized carbons (Fsp3) is 0.200. The third-order valence-electron chi connectivity index (χ3n) is 1.45. The number of carboxylic acids is 2. The van der Waals surface area contributed by atoms with E-state index in [9.17, 15) is 9.59 Å². The summed E-state index contributed by atoms with van der Waals surface area (Å²) in [5, 5.41) is 18.6. The molecule has 78 valence electrons. The molecule has 0 spiro atoms. The Balaban J connectivity index is 2.62. The molecular formula is C10H8O4S. The van der Waals surface area contributed by atoms with E-state index < -0.39 is 11.9 Å². The lowest BCUT2D eigenvalue weighted by atomic mass is 10.2. The molecule has 1 aromatic heterocycles. The first-order chi connectivity index (χ1) is 7.08. The highest BCUT2D eigenvalue weighted by molar-refractivity contribution is 7.10. The van der Waals surface area contributed by atoms with E-state index in [1.54, 1.807) is 11.4 Å². The summed E-state index contributed by atoms with van der Waals surface area (Å²) in [7, 11) is 0. The fourth-order valence-corrected chi connectivity index (χ4v) is 1.72. The van der Waals surface area contributed by atoms with Gasteiger partial charge in [0.2, 0.25) is 0 Å². The molecule has 0 aromatic carbocycles. The summed E-state index contributed by atoms with van der Waals surface area (Å²) < 4.78 is 0. The average Bonchev–Trinajstić information content (AvgIpc) is 2.50. The van der Waals surface area contributed by atoms with Crippen LogP contribution >= 0.6 is 11.3 Å². The Hall–Kier alpha value is -1.80. The third kappa shape index (κ3) is 4.29. The molecule has 1 rings (SSSR count). The predicted octanol–water partition coefficient (Wildman–Crippen LogP) is 1.20. The second kappa shape index (κ2) is 5.17. The van der Waals surface area contributed by atoms with Gasteiger partial charge < -0.3 is 10.2 Å². The molecule has 15 heavy (non-hydrogen) atoms. The highest BCUT2D eigenvalue weighted by Crippen LogP contribution is 2.14. The predicted molar refractivity (Wildman–Crippen MR) is 54.8 cm³/mol. The van der Waals surface area contributed by atoms with Crippen molar-refractivity contribution >= 4 is 23.3 Å². The molecular weight excluding hydrogens is 216 g/mol. The monoisotopic (exact) mass is 224 g/mol. The fourth-order valence-electron chi connectivity index (χ4n) is 0.910. The van der Waals surface area contributed by atoms with E-state index in [-0.39, 0.29) is 12.8 Å². The summed E-state index contributed by atoms with van der Waals surface area (Å²) in [4.78, 5) is 21.2. The Bertz CT molecular complexity index is 436. The van der Waals surface area contributed by atoms with Crippen LogP contribution in [0.15, 0.2) is 11.4 Å². The van der Waals surface area contributed by atoms with Gasteiger partial charge in [-0.2, -0.15) is 0 Å². The molecule has 1 heterocycles. The van der Waals surface area contributed by atoms with E-state index in [1.165, 1.54) is 11.3 Å². The van der Waals surface area contributed by atoms with Gasteiger partial charge in [-0.1, -0.05) is 11.8 Å². The molecule has 0 aliphatic rings. The largest absolute Gasteiger partial charge is 0.481 e. The van der Waals surface area contributed by atoms with Gasteiger partial charge in [0.1, 0.15) is 6.42 Å². The molecule has 0 amide bonds. The van der Waals surface area contributed by atoms with Crippen LogP contribution in [0.4, 0.5) is 0 Å². The molecule has 0 unspecified atom stereocenters. The summed E-state index contributed by atoms with van der Waals surface area (Å²) in [5.41, 5.74) is 0.664. The first-order valence-electron chi connectivity index (χ1n) is 4.08. The topological polar surface area (TPSA) is 74.6 Å². The van der Waals surface area contributed by atoms with Gasteiger partial charge in [0.15, 0.2) is 0 Å². The molecule has 0 saturated carbocycles. The summed E-state index contributed by atoms with van der Waals surface area (Å²) >= 11 is 1.31. The molecule has 0 radical (unpaired) electrons. The standard InChI is InChI=1S/C10H8O4S/c11-9(12)3-1-2-7-4-8(15-6-7)5-10(13)14/h4,6H,3,5H2,(H,11,12)(H,13,14). The van der Waals surface area contributed by atoms with Crippen molar-refractivity contribution in [2.45, 2.75) is 12.8 Å². The van der Waals surface area contributed by atoms with Crippen molar-refractivity contribution in [2.75, 3.05) is 0 Å². The van der Waals surface area contributed by atoms with Crippen molar-refractivity contribution in [2.24, 2.45) is 0 Å². The number of aliphatic carboxylic acids is 2. The van der Waals surface area contributed by atoms with Crippen LogP contribution in [0.5, 0.6) is 0 Å². The Kier molecular flexibility index (Phi) is 3.89. The lowest BCUT2D eigenvalue weighted by Gasteiger charge is -1.86. The van der Waals surface area contributed by atoms with Gasteiger partial charge in [-0.25, -0.2) is 0 Å². The molecule has 2 N–H and O–H groups in total. The number of hydrogen-bond acceptors (Lipinski definition) is 3. The summed E-state index contributed by atoms with van der Waals surface area (Å²) in [6.07, 6.45) is -0.227. The highest BCUT2D eigenvalue weighted by Gasteiger charge is 2.02. The van der Waals surface area contributed by atoms with Gasteiger partial charge >= 0.3 is 11.9 Å². The van der Waals surface area contributed by atoms with Crippen LogP contribution in [0.25, 0.3) is 0 Å². The van der Waals surface area contributed by atoms with E-state index in [0.717, 1.165) is 0 Å². The summed E-state index contributed by atoms with van der Waals surface area (Å²) in [6.45, 7) is 0. The normalized spacial score (nSPS) is 9.07. The van der Waals surface area contributed by atoms with Gasteiger partial charge in [-0.15, -0.1) is 11.3 Å². The zero-order valence-electron chi connectivity index (χ0n) is 7.69. The van der Waals surface area contributed by atoms with Crippen molar-refractivity contribution in [3.63, 3.8) is 0 Å². The van der Waals surface area contributed by atoms with Gasteiger partial charge in [-0.3, -0.25) is 9.59 Å². The summed E-state index contributed by atoms with van der Waals surface area (Å²) in [6, 6.07) is 1.66. The van der Waals surface area contributed by atoms with Crippen molar-refractivity contribution in [3.8, 4) is 11.8 Å². The zero-order valence-corrected chi connectivity index (χ0v) is 8.50. The molecule has 5 heteroatoms. The van der Waals surface area contributed by atoms with Gasteiger partial charge in [-0.05, 0) is 6.07 Å². The molecule has 1 aromatic rings. The first-order valence-corrected chi connectivity index (χ1v) is 4.96. The maximum absolute atomic E-state index is 10.4. The summed E-state index contributed by atoms with van der Waals surface area (Å²) in [5.74, 6) is 3.28. The second-order valence-electron chi connectivity index (χ2n) is 2.74. The molecule has 0 fully saturated rings. The minimum absolute atomic E-state index is 0.0225. The van der Waals surface area contributed by atoms with Crippen molar-refractivity contribution in [1.29, 1.82) is 0 Å². The maximum atomic E-state index is 10.4. The van der Waals surface area contributed by atoms with Crippen LogP contribution < -0.4 is 0 Å². The maximum Gasteiger partial charge on any atom is 0.315 e. The number of rotatable bonds is 3. The number of thiophene rings is 1.